The lowest BCUT2D eigenvalue weighted by atomic mass is 9.93. The molecule has 1 aliphatic rings. The molecule has 0 aliphatic heterocycles. The largest absolute Gasteiger partial charge is 0.508 e. The molecule has 3 rings (SSSR count). The molecule has 0 bridgehead atoms. The highest BCUT2D eigenvalue weighted by atomic mass is 35.5. The molecule has 1 aromatic heterocycles. The molecule has 0 radical (unpaired) electrons. The van der Waals surface area contributed by atoms with E-state index < -0.39 is 0 Å². The van der Waals surface area contributed by atoms with E-state index in [0.717, 1.165) is 24.8 Å². The third-order valence-electron chi connectivity index (χ3n) is 4.00. The van der Waals surface area contributed by atoms with Crippen LogP contribution in [0.15, 0.2) is 24.4 Å². The third-order valence-corrected chi connectivity index (χ3v) is 4.35. The average molecular weight is 292 g/mol. The van der Waals surface area contributed by atoms with E-state index in [1.165, 1.54) is 11.3 Å². The molecule has 1 heterocycles. The van der Waals surface area contributed by atoms with Crippen molar-refractivity contribution in [3.8, 4) is 5.75 Å². The van der Waals surface area contributed by atoms with Crippen LogP contribution in [0.3, 0.4) is 0 Å². The average Bonchev–Trinajstić information content (AvgIpc) is 2.81. The van der Waals surface area contributed by atoms with Crippen LogP contribution in [0.1, 0.15) is 35.7 Å². The van der Waals surface area contributed by atoms with Crippen molar-refractivity contribution < 1.29 is 5.11 Å². The van der Waals surface area contributed by atoms with Crippen molar-refractivity contribution in [1.82, 2.24) is 15.1 Å². The molecule has 0 amide bonds. The maximum Gasteiger partial charge on any atom is 0.121 e. The Bertz CT molecular complexity index is 603. The van der Waals surface area contributed by atoms with Gasteiger partial charge in [0.25, 0.3) is 0 Å². The van der Waals surface area contributed by atoms with E-state index in [1.807, 2.05) is 17.9 Å². The number of aromatic nitrogens is 2. The summed E-state index contributed by atoms with van der Waals surface area (Å²) in [4.78, 5) is 0. The van der Waals surface area contributed by atoms with Gasteiger partial charge in [0.1, 0.15) is 5.75 Å². The SMILES string of the molecule is Cn1ncc2c1CCCC2NCc1c(O)cccc1Cl. The van der Waals surface area contributed by atoms with Crippen LogP contribution in [0.2, 0.25) is 5.02 Å². The predicted molar refractivity (Wildman–Crippen MR) is 78.8 cm³/mol. The summed E-state index contributed by atoms with van der Waals surface area (Å²) >= 11 is 6.14. The number of phenolic OH excluding ortho intramolecular Hbond substituents is 1. The van der Waals surface area contributed by atoms with Gasteiger partial charge < -0.3 is 10.4 Å². The lowest BCUT2D eigenvalue weighted by molar-refractivity contribution is 0.434. The Labute approximate surface area is 123 Å². The second kappa shape index (κ2) is 5.46. The molecule has 0 saturated heterocycles. The summed E-state index contributed by atoms with van der Waals surface area (Å²) in [6.07, 6.45) is 5.27. The van der Waals surface area contributed by atoms with Gasteiger partial charge in [-0.3, -0.25) is 4.68 Å². The minimum atomic E-state index is 0.243. The molecule has 20 heavy (non-hydrogen) atoms. The van der Waals surface area contributed by atoms with E-state index in [-0.39, 0.29) is 11.8 Å². The zero-order valence-corrected chi connectivity index (χ0v) is 12.2. The second-order valence-corrected chi connectivity index (χ2v) is 5.64. The van der Waals surface area contributed by atoms with Gasteiger partial charge in [-0.25, -0.2) is 0 Å². The quantitative estimate of drug-likeness (QED) is 0.914. The number of phenols is 1. The maximum atomic E-state index is 9.88. The number of hydrogen-bond donors (Lipinski definition) is 2. The van der Waals surface area contributed by atoms with Crippen LogP contribution < -0.4 is 5.32 Å². The molecule has 106 valence electrons. The molecular weight excluding hydrogens is 274 g/mol. The van der Waals surface area contributed by atoms with Crippen LogP contribution in [0.4, 0.5) is 0 Å². The highest BCUT2D eigenvalue weighted by Gasteiger charge is 2.23. The molecule has 2 N–H and O–H groups in total. The van der Waals surface area contributed by atoms with Crippen molar-refractivity contribution in [2.24, 2.45) is 7.05 Å². The number of nitrogens with one attached hydrogen (secondary N) is 1. The van der Waals surface area contributed by atoms with Crippen LogP contribution in [-0.2, 0) is 20.0 Å². The number of benzene rings is 1. The topological polar surface area (TPSA) is 50.1 Å². The van der Waals surface area contributed by atoms with E-state index in [0.29, 0.717) is 11.6 Å². The minimum Gasteiger partial charge on any atom is -0.508 e. The number of fused-ring (bicyclic) bond motifs is 1. The van der Waals surface area contributed by atoms with Gasteiger partial charge in [-0.1, -0.05) is 17.7 Å². The Morgan fingerprint density at radius 1 is 1.50 bits per heavy atom. The summed E-state index contributed by atoms with van der Waals surface area (Å²) in [5.41, 5.74) is 3.33. The third kappa shape index (κ3) is 2.41. The molecule has 1 aromatic carbocycles. The summed E-state index contributed by atoms with van der Waals surface area (Å²) in [6, 6.07) is 5.50. The van der Waals surface area contributed by atoms with E-state index in [9.17, 15) is 5.11 Å². The van der Waals surface area contributed by atoms with Gasteiger partial charge >= 0.3 is 0 Å². The van der Waals surface area contributed by atoms with E-state index in [2.05, 4.69) is 10.4 Å². The number of aromatic hydroxyl groups is 1. The zero-order chi connectivity index (χ0) is 14.1. The van der Waals surface area contributed by atoms with E-state index in [1.54, 1.807) is 18.2 Å². The molecule has 0 fully saturated rings. The Morgan fingerprint density at radius 3 is 3.15 bits per heavy atom. The number of halogens is 1. The normalized spacial score (nSPS) is 18.0. The highest BCUT2D eigenvalue weighted by Crippen LogP contribution is 2.31. The summed E-state index contributed by atoms with van der Waals surface area (Å²) in [5, 5.41) is 18.3. The van der Waals surface area contributed by atoms with Crippen LogP contribution in [0.25, 0.3) is 0 Å². The molecular formula is C15H18ClN3O. The van der Waals surface area contributed by atoms with E-state index >= 15 is 0 Å². The Morgan fingerprint density at radius 2 is 2.35 bits per heavy atom. The fourth-order valence-corrected chi connectivity index (χ4v) is 3.10. The first-order valence-electron chi connectivity index (χ1n) is 6.87. The van der Waals surface area contributed by atoms with Gasteiger partial charge in [-0.2, -0.15) is 5.10 Å². The first-order chi connectivity index (χ1) is 9.66. The molecule has 1 unspecified atom stereocenters. The molecule has 5 heteroatoms. The monoisotopic (exact) mass is 291 g/mol. The van der Waals surface area contributed by atoms with Gasteiger partial charge in [0.2, 0.25) is 0 Å². The first-order valence-corrected chi connectivity index (χ1v) is 7.25. The zero-order valence-electron chi connectivity index (χ0n) is 11.4. The van der Waals surface area contributed by atoms with Crippen molar-refractivity contribution in [1.29, 1.82) is 0 Å². The standard InChI is InChI=1S/C15H18ClN3O/c1-19-14-6-3-5-13(11(14)9-18-19)17-8-10-12(16)4-2-7-15(10)20/h2,4,7,9,13,17,20H,3,5-6,8H2,1H3. The van der Waals surface area contributed by atoms with Crippen molar-refractivity contribution >= 4 is 11.6 Å². The van der Waals surface area contributed by atoms with Gasteiger partial charge in [-0.05, 0) is 31.4 Å². The maximum absolute atomic E-state index is 9.88. The molecule has 0 saturated carbocycles. The Kier molecular flexibility index (Phi) is 3.68. The van der Waals surface area contributed by atoms with Crippen LogP contribution in [-0.4, -0.2) is 14.9 Å². The fourth-order valence-electron chi connectivity index (χ4n) is 2.87. The summed E-state index contributed by atoms with van der Waals surface area (Å²) in [7, 11) is 1.99. The number of nitrogens with zero attached hydrogens (tertiary/aromatic N) is 2. The fraction of sp³-hybridized carbons (Fsp3) is 0.400. The first kappa shape index (κ1) is 13.5. The van der Waals surface area contributed by atoms with Crippen LogP contribution in [0, 0.1) is 0 Å². The van der Waals surface area contributed by atoms with Gasteiger partial charge in [0, 0.05) is 41.5 Å². The lowest BCUT2D eigenvalue weighted by Crippen LogP contribution is -2.25. The van der Waals surface area contributed by atoms with Crippen LogP contribution in [0.5, 0.6) is 5.75 Å². The molecule has 2 aromatic rings. The van der Waals surface area contributed by atoms with Crippen LogP contribution >= 0.6 is 11.6 Å². The van der Waals surface area contributed by atoms with Crippen molar-refractivity contribution in [2.75, 3.05) is 0 Å². The smallest absolute Gasteiger partial charge is 0.121 e. The van der Waals surface area contributed by atoms with E-state index in [4.69, 9.17) is 11.6 Å². The molecule has 4 nitrogen and oxygen atoms in total. The minimum absolute atomic E-state index is 0.243. The summed E-state index contributed by atoms with van der Waals surface area (Å²) in [6.45, 7) is 0.560. The predicted octanol–water partition coefficient (Wildman–Crippen LogP) is 2.95. The summed E-state index contributed by atoms with van der Waals surface area (Å²) < 4.78 is 1.95. The van der Waals surface area contributed by atoms with Crippen molar-refractivity contribution in [3.05, 3.63) is 46.2 Å². The van der Waals surface area contributed by atoms with Crippen molar-refractivity contribution in [3.63, 3.8) is 0 Å². The number of rotatable bonds is 3. The second-order valence-electron chi connectivity index (χ2n) is 5.23. The molecule has 1 aliphatic carbocycles. The number of hydrogen-bond acceptors (Lipinski definition) is 3. The molecule has 0 spiro atoms. The van der Waals surface area contributed by atoms with Gasteiger partial charge in [0.15, 0.2) is 0 Å². The Hall–Kier alpha value is -1.52. The summed E-state index contributed by atoms with van der Waals surface area (Å²) in [5.74, 6) is 0.243. The lowest BCUT2D eigenvalue weighted by Gasteiger charge is -2.24. The molecule has 1 atom stereocenters. The van der Waals surface area contributed by atoms with Gasteiger partial charge in [0.05, 0.1) is 6.20 Å². The van der Waals surface area contributed by atoms with Gasteiger partial charge in [-0.15, -0.1) is 0 Å². The number of aryl methyl sites for hydroxylation is 1. The highest BCUT2D eigenvalue weighted by molar-refractivity contribution is 6.31. The van der Waals surface area contributed by atoms with Crippen molar-refractivity contribution in [2.45, 2.75) is 31.8 Å². The Balaban J connectivity index is 1.77.